The standard InChI is InChI=1S/C12H16Br2O3/c1-5-17-10(16)12(7(2)15)8(6-9(13)14)11(12,3)4/h6,8H,5H2,1-4H3. The van der Waals surface area contributed by atoms with Crippen LogP contribution in [0, 0.1) is 16.7 Å². The normalized spacial score (nSPS) is 29.4. The maximum atomic E-state index is 12.1. The van der Waals surface area contributed by atoms with Gasteiger partial charge in [0.25, 0.3) is 0 Å². The number of carbonyl (C=O) groups is 2. The Hall–Kier alpha value is -0.160. The van der Waals surface area contributed by atoms with Gasteiger partial charge in [0.05, 0.1) is 10.00 Å². The zero-order chi connectivity index (χ0) is 13.4. The number of hydrogen-bond donors (Lipinski definition) is 0. The van der Waals surface area contributed by atoms with Crippen LogP contribution in [0.3, 0.4) is 0 Å². The fraction of sp³-hybridized carbons (Fsp3) is 0.667. The molecule has 0 N–H and O–H groups in total. The second-order valence-electron chi connectivity index (χ2n) is 4.74. The van der Waals surface area contributed by atoms with E-state index in [0.717, 1.165) is 3.39 Å². The Bertz CT molecular complexity index is 383. The number of halogens is 2. The molecule has 0 aromatic rings. The Labute approximate surface area is 118 Å². The van der Waals surface area contributed by atoms with Gasteiger partial charge in [0.15, 0.2) is 0 Å². The summed E-state index contributed by atoms with van der Waals surface area (Å²) >= 11 is 6.54. The molecule has 3 nitrogen and oxygen atoms in total. The smallest absolute Gasteiger partial charge is 0.320 e. The van der Waals surface area contributed by atoms with Crippen LogP contribution in [0.2, 0.25) is 0 Å². The van der Waals surface area contributed by atoms with E-state index in [1.165, 1.54) is 6.92 Å². The Morgan fingerprint density at radius 1 is 1.35 bits per heavy atom. The van der Waals surface area contributed by atoms with Gasteiger partial charge in [-0.05, 0) is 51.1 Å². The maximum absolute atomic E-state index is 12.1. The summed E-state index contributed by atoms with van der Waals surface area (Å²) in [5.41, 5.74) is -1.44. The number of carbonyl (C=O) groups excluding carboxylic acids is 2. The fourth-order valence-corrected chi connectivity index (χ4v) is 3.24. The third-order valence-corrected chi connectivity index (χ3v) is 4.15. The number of rotatable bonds is 4. The van der Waals surface area contributed by atoms with Crippen molar-refractivity contribution in [3.8, 4) is 0 Å². The van der Waals surface area contributed by atoms with E-state index in [1.54, 1.807) is 6.92 Å². The average Bonchev–Trinajstić information content (AvgIpc) is 2.63. The topological polar surface area (TPSA) is 43.4 Å². The SMILES string of the molecule is CCOC(=O)C1(C(C)=O)C(C=C(Br)Br)C1(C)C. The summed E-state index contributed by atoms with van der Waals surface area (Å²) in [5.74, 6) is -0.691. The number of ketones is 1. The van der Waals surface area contributed by atoms with Crippen LogP contribution in [0.25, 0.3) is 0 Å². The second-order valence-corrected chi connectivity index (χ2v) is 7.51. The minimum absolute atomic E-state index is 0.136. The van der Waals surface area contributed by atoms with Crippen LogP contribution in [0.5, 0.6) is 0 Å². The first-order valence-corrected chi connectivity index (χ1v) is 7.02. The summed E-state index contributed by atoms with van der Waals surface area (Å²) in [7, 11) is 0. The summed E-state index contributed by atoms with van der Waals surface area (Å²) in [6.45, 7) is 7.31. The van der Waals surface area contributed by atoms with Crippen molar-refractivity contribution in [1.29, 1.82) is 0 Å². The van der Waals surface area contributed by atoms with Gasteiger partial charge in [-0.3, -0.25) is 9.59 Å². The van der Waals surface area contributed by atoms with E-state index >= 15 is 0 Å². The molecule has 2 unspecified atom stereocenters. The molecule has 0 radical (unpaired) electrons. The van der Waals surface area contributed by atoms with Crippen molar-refractivity contribution in [1.82, 2.24) is 0 Å². The summed E-state index contributed by atoms with van der Waals surface area (Å²) < 4.78 is 5.80. The summed E-state index contributed by atoms with van der Waals surface area (Å²) in [6, 6.07) is 0. The molecule has 1 aliphatic carbocycles. The van der Waals surface area contributed by atoms with Crippen LogP contribution in [0.4, 0.5) is 0 Å². The lowest BCUT2D eigenvalue weighted by molar-refractivity contribution is -0.155. The molecule has 2 atom stereocenters. The highest BCUT2D eigenvalue weighted by Crippen LogP contribution is 2.71. The molecule has 5 heteroatoms. The fourth-order valence-electron chi connectivity index (χ4n) is 2.71. The first-order chi connectivity index (χ1) is 7.72. The first kappa shape index (κ1) is 14.9. The first-order valence-electron chi connectivity index (χ1n) is 5.44. The van der Waals surface area contributed by atoms with Gasteiger partial charge < -0.3 is 4.74 Å². The molecule has 0 saturated heterocycles. The highest BCUT2D eigenvalue weighted by molar-refractivity contribution is 9.28. The van der Waals surface area contributed by atoms with Crippen LogP contribution < -0.4 is 0 Å². The van der Waals surface area contributed by atoms with Gasteiger partial charge in [0.2, 0.25) is 0 Å². The highest BCUT2D eigenvalue weighted by Gasteiger charge is 2.78. The molecule has 1 fully saturated rings. The van der Waals surface area contributed by atoms with E-state index in [2.05, 4.69) is 31.9 Å². The predicted molar refractivity (Wildman–Crippen MR) is 73.0 cm³/mol. The molecule has 17 heavy (non-hydrogen) atoms. The van der Waals surface area contributed by atoms with Gasteiger partial charge in [-0.2, -0.15) is 0 Å². The van der Waals surface area contributed by atoms with E-state index in [1.807, 2.05) is 19.9 Å². The molecule has 1 saturated carbocycles. The van der Waals surface area contributed by atoms with Crippen molar-refractivity contribution in [3.05, 3.63) is 9.47 Å². The lowest BCUT2D eigenvalue weighted by Crippen LogP contribution is -2.31. The van der Waals surface area contributed by atoms with Crippen LogP contribution in [-0.4, -0.2) is 18.4 Å². The number of hydrogen-bond acceptors (Lipinski definition) is 3. The van der Waals surface area contributed by atoms with Gasteiger partial charge in [-0.25, -0.2) is 0 Å². The molecular weight excluding hydrogens is 352 g/mol. The van der Waals surface area contributed by atoms with Gasteiger partial charge in [0.1, 0.15) is 11.2 Å². The average molecular weight is 368 g/mol. The molecular formula is C12H16Br2O3. The van der Waals surface area contributed by atoms with Gasteiger partial charge in [-0.15, -0.1) is 0 Å². The predicted octanol–water partition coefficient (Wildman–Crippen LogP) is 3.41. The van der Waals surface area contributed by atoms with Gasteiger partial charge in [0, 0.05) is 5.92 Å². The maximum Gasteiger partial charge on any atom is 0.320 e. The molecule has 0 aliphatic heterocycles. The molecule has 0 spiro atoms. The minimum atomic E-state index is -1.03. The molecule has 0 bridgehead atoms. The van der Waals surface area contributed by atoms with Crippen molar-refractivity contribution in [2.75, 3.05) is 6.61 Å². The molecule has 0 aromatic carbocycles. The van der Waals surface area contributed by atoms with E-state index in [0.29, 0.717) is 0 Å². The highest BCUT2D eigenvalue weighted by atomic mass is 79.9. The third kappa shape index (κ3) is 2.12. The van der Waals surface area contributed by atoms with Crippen LogP contribution >= 0.6 is 31.9 Å². The van der Waals surface area contributed by atoms with E-state index in [-0.39, 0.29) is 18.3 Å². The molecule has 1 aliphatic rings. The summed E-state index contributed by atoms with van der Waals surface area (Å²) in [6.07, 6.45) is 1.85. The van der Waals surface area contributed by atoms with E-state index in [4.69, 9.17) is 4.74 Å². The van der Waals surface area contributed by atoms with Gasteiger partial charge >= 0.3 is 5.97 Å². The molecule has 0 heterocycles. The Kier molecular flexibility index (Phi) is 4.24. The molecule has 0 amide bonds. The lowest BCUT2D eigenvalue weighted by Gasteiger charge is -2.15. The Morgan fingerprint density at radius 3 is 2.24 bits per heavy atom. The van der Waals surface area contributed by atoms with Crippen molar-refractivity contribution in [2.24, 2.45) is 16.7 Å². The molecule has 1 rings (SSSR count). The quantitative estimate of drug-likeness (QED) is 0.564. The monoisotopic (exact) mass is 366 g/mol. The van der Waals surface area contributed by atoms with Gasteiger partial charge in [-0.1, -0.05) is 19.9 Å². The number of esters is 1. The minimum Gasteiger partial charge on any atom is -0.465 e. The Balaban J connectivity index is 3.16. The largest absolute Gasteiger partial charge is 0.465 e. The zero-order valence-corrected chi connectivity index (χ0v) is 13.5. The van der Waals surface area contributed by atoms with Crippen molar-refractivity contribution < 1.29 is 14.3 Å². The Morgan fingerprint density at radius 2 is 1.88 bits per heavy atom. The molecule has 0 aromatic heterocycles. The van der Waals surface area contributed by atoms with Crippen molar-refractivity contribution in [3.63, 3.8) is 0 Å². The third-order valence-electron chi connectivity index (χ3n) is 3.62. The van der Waals surface area contributed by atoms with E-state index in [9.17, 15) is 9.59 Å². The van der Waals surface area contributed by atoms with Crippen LogP contribution in [0.1, 0.15) is 27.7 Å². The van der Waals surface area contributed by atoms with Crippen molar-refractivity contribution >= 4 is 43.6 Å². The second kappa shape index (κ2) is 4.84. The number of allylic oxidation sites excluding steroid dienone is 1. The number of Topliss-reactive ketones (excluding diaryl/α,β-unsaturated/α-hetero) is 1. The summed E-state index contributed by atoms with van der Waals surface area (Å²) in [4.78, 5) is 24.0. The zero-order valence-electron chi connectivity index (χ0n) is 10.3. The lowest BCUT2D eigenvalue weighted by atomic mass is 9.92. The summed E-state index contributed by atoms with van der Waals surface area (Å²) in [5, 5.41) is 0. The van der Waals surface area contributed by atoms with Crippen molar-refractivity contribution in [2.45, 2.75) is 27.7 Å². The van der Waals surface area contributed by atoms with E-state index < -0.39 is 16.8 Å². The van der Waals surface area contributed by atoms with Crippen LogP contribution in [-0.2, 0) is 14.3 Å². The molecule has 96 valence electrons. The number of ether oxygens (including phenoxy) is 1. The van der Waals surface area contributed by atoms with Crippen LogP contribution in [0.15, 0.2) is 9.47 Å².